The van der Waals surface area contributed by atoms with E-state index < -0.39 is 0 Å². The molecule has 2 N–H and O–H groups in total. The van der Waals surface area contributed by atoms with Crippen molar-refractivity contribution in [3.8, 4) is 22.7 Å². The Morgan fingerprint density at radius 2 is 2.07 bits per heavy atom. The highest BCUT2D eigenvalue weighted by Gasteiger charge is 2.49. The van der Waals surface area contributed by atoms with Crippen molar-refractivity contribution in [1.29, 1.82) is 0 Å². The molecule has 2 aromatic heterocycles. The summed E-state index contributed by atoms with van der Waals surface area (Å²) >= 11 is 0. The Kier molecular flexibility index (Phi) is 3.65. The maximum atomic E-state index is 10.4. The van der Waals surface area contributed by atoms with Crippen molar-refractivity contribution < 1.29 is 5.11 Å². The van der Waals surface area contributed by atoms with Crippen LogP contribution >= 0.6 is 0 Å². The summed E-state index contributed by atoms with van der Waals surface area (Å²) in [6.07, 6.45) is 11.2. The molecule has 1 saturated heterocycles. The number of benzene rings is 1. The number of rotatable bonds is 4. The number of imidazole rings is 1. The average molecular weight is 362 g/mol. The van der Waals surface area contributed by atoms with E-state index in [-0.39, 0.29) is 5.75 Å². The van der Waals surface area contributed by atoms with Gasteiger partial charge in [-0.2, -0.15) is 0 Å². The van der Waals surface area contributed by atoms with Crippen molar-refractivity contribution in [1.82, 2.24) is 24.8 Å². The molecule has 2 aliphatic rings. The Balaban J connectivity index is 1.33. The van der Waals surface area contributed by atoms with Gasteiger partial charge in [0.15, 0.2) is 0 Å². The quantitative estimate of drug-likeness (QED) is 0.741. The number of anilines is 1. The van der Waals surface area contributed by atoms with E-state index in [1.54, 1.807) is 31.0 Å². The molecular formula is C20H22N6O. The number of aromatic nitrogens is 4. The van der Waals surface area contributed by atoms with Crippen LogP contribution in [-0.2, 0) is 0 Å². The van der Waals surface area contributed by atoms with Crippen LogP contribution in [0.3, 0.4) is 0 Å². The van der Waals surface area contributed by atoms with Gasteiger partial charge in [-0.25, -0.2) is 9.97 Å². The van der Waals surface area contributed by atoms with Crippen LogP contribution in [0.1, 0.15) is 12.8 Å². The minimum absolute atomic E-state index is 0.176. The van der Waals surface area contributed by atoms with Gasteiger partial charge < -0.3 is 19.9 Å². The predicted octanol–water partition coefficient (Wildman–Crippen LogP) is 2.22. The first-order valence-corrected chi connectivity index (χ1v) is 9.21. The molecule has 1 aliphatic carbocycles. The molecule has 0 unspecified atom stereocenters. The Morgan fingerprint density at radius 3 is 2.67 bits per heavy atom. The predicted molar refractivity (Wildman–Crippen MR) is 103 cm³/mol. The standard InChI is InChI=1S/C20H22N6O/c1-25(15-7-20(8-15)11-22-12-20)19-10-23-17(9-24-19)16-3-2-14(6-18(16)27)26-5-4-21-13-26/h2-6,9-10,13,15,22,27H,7-8,11-12H2,1H3. The Morgan fingerprint density at radius 1 is 1.22 bits per heavy atom. The Bertz CT molecular complexity index is 941. The third kappa shape index (κ3) is 2.75. The molecule has 1 saturated carbocycles. The topological polar surface area (TPSA) is 79.1 Å². The lowest BCUT2D eigenvalue weighted by molar-refractivity contribution is 0.0371. The molecule has 1 spiro atoms. The van der Waals surface area contributed by atoms with Gasteiger partial charge in [0.1, 0.15) is 11.6 Å². The number of phenolic OH excluding ortho intramolecular Hbond substituents is 1. The van der Waals surface area contributed by atoms with Crippen molar-refractivity contribution in [3.63, 3.8) is 0 Å². The Labute approximate surface area is 157 Å². The van der Waals surface area contributed by atoms with Gasteiger partial charge in [0, 0.05) is 50.2 Å². The van der Waals surface area contributed by atoms with E-state index in [4.69, 9.17) is 0 Å². The smallest absolute Gasteiger partial charge is 0.147 e. The molecule has 0 atom stereocenters. The van der Waals surface area contributed by atoms with Gasteiger partial charge in [0.2, 0.25) is 0 Å². The molecule has 7 nitrogen and oxygen atoms in total. The number of nitrogens with one attached hydrogen (secondary N) is 1. The van der Waals surface area contributed by atoms with Gasteiger partial charge in [-0.1, -0.05) is 0 Å². The number of hydrogen-bond acceptors (Lipinski definition) is 6. The Hall–Kier alpha value is -2.93. The summed E-state index contributed by atoms with van der Waals surface area (Å²) in [6, 6.07) is 6.03. The van der Waals surface area contributed by atoms with E-state index in [0.717, 1.165) is 24.6 Å². The second-order valence-corrected chi connectivity index (χ2v) is 7.71. The molecule has 0 bridgehead atoms. The first kappa shape index (κ1) is 16.3. The molecule has 0 amide bonds. The molecule has 5 rings (SSSR count). The average Bonchev–Trinajstić information content (AvgIpc) is 3.14. The summed E-state index contributed by atoms with van der Waals surface area (Å²) in [5.41, 5.74) is 2.72. The van der Waals surface area contributed by atoms with Gasteiger partial charge in [-0.15, -0.1) is 0 Å². The summed E-state index contributed by atoms with van der Waals surface area (Å²) in [5.74, 6) is 1.05. The van der Waals surface area contributed by atoms with Crippen LogP contribution in [0, 0.1) is 5.41 Å². The molecular weight excluding hydrogens is 340 g/mol. The van der Waals surface area contributed by atoms with Gasteiger partial charge in [0.05, 0.1) is 30.1 Å². The lowest BCUT2D eigenvalue weighted by Crippen LogP contribution is -2.64. The van der Waals surface area contributed by atoms with Gasteiger partial charge in [-0.3, -0.25) is 4.98 Å². The maximum absolute atomic E-state index is 10.4. The molecule has 138 valence electrons. The van der Waals surface area contributed by atoms with Crippen LogP contribution in [0.25, 0.3) is 16.9 Å². The highest BCUT2D eigenvalue weighted by atomic mass is 16.3. The minimum Gasteiger partial charge on any atom is -0.507 e. The van der Waals surface area contributed by atoms with Crippen LogP contribution in [0.4, 0.5) is 5.82 Å². The fourth-order valence-corrected chi connectivity index (χ4v) is 4.12. The largest absolute Gasteiger partial charge is 0.507 e. The zero-order valence-corrected chi connectivity index (χ0v) is 15.2. The lowest BCUT2D eigenvalue weighted by atomic mass is 9.61. The van der Waals surface area contributed by atoms with E-state index in [2.05, 4.69) is 32.2 Å². The van der Waals surface area contributed by atoms with Crippen LogP contribution in [0.5, 0.6) is 5.75 Å². The third-order valence-electron chi connectivity index (χ3n) is 5.94. The number of nitrogens with zero attached hydrogens (tertiary/aromatic N) is 5. The lowest BCUT2D eigenvalue weighted by Gasteiger charge is -2.56. The molecule has 3 heterocycles. The molecule has 3 aromatic rings. The zero-order valence-electron chi connectivity index (χ0n) is 15.2. The zero-order chi connectivity index (χ0) is 18.4. The maximum Gasteiger partial charge on any atom is 0.147 e. The molecule has 2 fully saturated rings. The number of aromatic hydroxyl groups is 1. The number of hydrogen-bond donors (Lipinski definition) is 2. The summed E-state index contributed by atoms with van der Waals surface area (Å²) in [6.45, 7) is 2.30. The third-order valence-corrected chi connectivity index (χ3v) is 5.94. The monoisotopic (exact) mass is 362 g/mol. The van der Waals surface area contributed by atoms with Crippen molar-refractivity contribution >= 4 is 5.82 Å². The minimum atomic E-state index is 0.176. The van der Waals surface area contributed by atoms with Gasteiger partial charge in [-0.05, 0) is 30.4 Å². The summed E-state index contributed by atoms with van der Waals surface area (Å²) in [4.78, 5) is 15.4. The van der Waals surface area contributed by atoms with Crippen LogP contribution < -0.4 is 10.2 Å². The molecule has 1 aliphatic heterocycles. The fourth-order valence-electron chi connectivity index (χ4n) is 4.12. The number of phenols is 1. The summed E-state index contributed by atoms with van der Waals surface area (Å²) < 4.78 is 1.84. The van der Waals surface area contributed by atoms with E-state index in [1.807, 2.05) is 22.9 Å². The van der Waals surface area contributed by atoms with E-state index in [1.165, 1.54) is 12.8 Å². The second kappa shape index (κ2) is 6.06. The van der Waals surface area contributed by atoms with E-state index >= 15 is 0 Å². The fraction of sp³-hybridized carbons (Fsp3) is 0.350. The highest BCUT2D eigenvalue weighted by Crippen LogP contribution is 2.46. The van der Waals surface area contributed by atoms with Crippen LogP contribution in [-0.4, -0.2) is 50.8 Å². The van der Waals surface area contributed by atoms with Crippen LogP contribution in [0.2, 0.25) is 0 Å². The van der Waals surface area contributed by atoms with Crippen molar-refractivity contribution in [2.45, 2.75) is 18.9 Å². The SMILES string of the molecule is CN(c1cnc(-c2ccc(-n3ccnc3)cc2O)cn1)C1CC2(CNC2)C1. The molecule has 7 heteroatoms. The van der Waals surface area contributed by atoms with Gasteiger partial charge >= 0.3 is 0 Å². The van der Waals surface area contributed by atoms with Gasteiger partial charge in [0.25, 0.3) is 0 Å². The summed E-state index contributed by atoms with van der Waals surface area (Å²) in [7, 11) is 2.09. The second-order valence-electron chi connectivity index (χ2n) is 7.71. The first-order valence-electron chi connectivity index (χ1n) is 9.21. The van der Waals surface area contributed by atoms with E-state index in [0.29, 0.717) is 22.7 Å². The highest BCUT2D eigenvalue weighted by molar-refractivity contribution is 5.68. The van der Waals surface area contributed by atoms with Crippen molar-refractivity contribution in [2.24, 2.45) is 5.41 Å². The normalized spacial score (nSPS) is 18.1. The van der Waals surface area contributed by atoms with Crippen LogP contribution in [0.15, 0.2) is 49.3 Å². The first-order chi connectivity index (χ1) is 13.1. The van der Waals surface area contributed by atoms with Crippen molar-refractivity contribution in [2.75, 3.05) is 25.0 Å². The molecule has 0 radical (unpaired) electrons. The van der Waals surface area contributed by atoms with Crippen molar-refractivity contribution in [3.05, 3.63) is 49.3 Å². The molecule has 27 heavy (non-hydrogen) atoms. The van der Waals surface area contributed by atoms with E-state index in [9.17, 15) is 5.11 Å². The summed E-state index contributed by atoms with van der Waals surface area (Å²) in [5, 5.41) is 13.8. The molecule has 1 aromatic carbocycles.